The number of halogens is 1. The van der Waals surface area contributed by atoms with E-state index < -0.39 is 0 Å². The fraction of sp³-hybridized carbons (Fsp3) is 0.438. The van der Waals surface area contributed by atoms with Crippen LogP contribution >= 0.6 is 12.4 Å². The molecule has 3 rings (SSSR count). The summed E-state index contributed by atoms with van der Waals surface area (Å²) in [6.45, 7) is 2.92. The van der Waals surface area contributed by atoms with Gasteiger partial charge in [-0.3, -0.25) is 4.90 Å². The van der Waals surface area contributed by atoms with Crippen LogP contribution in [0.4, 0.5) is 0 Å². The molecule has 1 aromatic carbocycles. The lowest BCUT2D eigenvalue weighted by atomic mass is 10.1. The molecule has 1 aromatic heterocycles. The predicted molar refractivity (Wildman–Crippen MR) is 89.9 cm³/mol. The molecule has 0 bridgehead atoms. The Morgan fingerprint density at radius 3 is 2.91 bits per heavy atom. The minimum absolute atomic E-state index is 0. The lowest BCUT2D eigenvalue weighted by Crippen LogP contribution is -2.42. The van der Waals surface area contributed by atoms with E-state index in [4.69, 9.17) is 10.5 Å². The van der Waals surface area contributed by atoms with Gasteiger partial charge in [-0.05, 0) is 37.6 Å². The van der Waals surface area contributed by atoms with Gasteiger partial charge in [-0.2, -0.15) is 5.10 Å². The standard InChI is InChI=1S/C16H22N4O.ClH/c1-21-16-7-3-2-6-15(16)20-14(8-9-18-20)12-19-10-4-5-13(17)11-19;/h2-3,6-9,13H,4-5,10-12,17H2,1H3;1H/t13-;/m1./s1. The molecule has 1 aliphatic heterocycles. The van der Waals surface area contributed by atoms with Gasteiger partial charge >= 0.3 is 0 Å². The number of piperidine rings is 1. The molecule has 5 nitrogen and oxygen atoms in total. The molecule has 0 amide bonds. The second-order valence-electron chi connectivity index (χ2n) is 5.54. The predicted octanol–water partition coefficient (Wildman–Crippen LogP) is 2.23. The van der Waals surface area contributed by atoms with Crippen molar-refractivity contribution in [1.82, 2.24) is 14.7 Å². The number of benzene rings is 1. The first-order valence-corrected chi connectivity index (χ1v) is 7.42. The minimum Gasteiger partial charge on any atom is -0.494 e. The minimum atomic E-state index is 0. The summed E-state index contributed by atoms with van der Waals surface area (Å²) in [7, 11) is 1.69. The van der Waals surface area contributed by atoms with Crippen molar-refractivity contribution in [2.24, 2.45) is 5.73 Å². The van der Waals surface area contributed by atoms with Crippen LogP contribution in [-0.4, -0.2) is 40.9 Å². The molecule has 6 heteroatoms. The summed E-state index contributed by atoms with van der Waals surface area (Å²) in [5.41, 5.74) is 8.20. The molecule has 0 saturated carbocycles. The third kappa shape index (κ3) is 3.61. The summed E-state index contributed by atoms with van der Waals surface area (Å²) >= 11 is 0. The van der Waals surface area contributed by atoms with Crippen molar-refractivity contribution in [3.05, 3.63) is 42.2 Å². The molecular formula is C16H23ClN4O. The van der Waals surface area contributed by atoms with Crippen molar-refractivity contribution in [1.29, 1.82) is 0 Å². The van der Waals surface area contributed by atoms with E-state index in [1.54, 1.807) is 7.11 Å². The summed E-state index contributed by atoms with van der Waals surface area (Å²) in [6.07, 6.45) is 4.14. The first-order chi connectivity index (χ1) is 10.3. The van der Waals surface area contributed by atoms with E-state index in [0.29, 0.717) is 6.04 Å². The zero-order chi connectivity index (χ0) is 14.7. The number of nitrogens with zero attached hydrogens (tertiary/aromatic N) is 3. The van der Waals surface area contributed by atoms with Crippen molar-refractivity contribution in [2.75, 3.05) is 20.2 Å². The number of rotatable bonds is 4. The quantitative estimate of drug-likeness (QED) is 0.938. The molecule has 22 heavy (non-hydrogen) atoms. The average molecular weight is 323 g/mol. The molecular weight excluding hydrogens is 300 g/mol. The van der Waals surface area contributed by atoms with Crippen molar-refractivity contribution in [3.63, 3.8) is 0 Å². The Labute approximate surface area is 137 Å². The van der Waals surface area contributed by atoms with Gasteiger partial charge in [0, 0.05) is 25.3 Å². The van der Waals surface area contributed by atoms with Crippen LogP contribution in [0.15, 0.2) is 36.5 Å². The first kappa shape index (κ1) is 16.8. The van der Waals surface area contributed by atoms with Crippen LogP contribution in [0.25, 0.3) is 5.69 Å². The Morgan fingerprint density at radius 2 is 2.14 bits per heavy atom. The maximum absolute atomic E-state index is 6.06. The van der Waals surface area contributed by atoms with Crippen LogP contribution in [0.3, 0.4) is 0 Å². The number of hydrogen-bond donors (Lipinski definition) is 1. The van der Waals surface area contributed by atoms with Gasteiger partial charge in [-0.15, -0.1) is 12.4 Å². The monoisotopic (exact) mass is 322 g/mol. The number of methoxy groups -OCH3 is 1. The Kier molecular flexibility index (Phi) is 5.83. The number of ether oxygens (including phenoxy) is 1. The van der Waals surface area contributed by atoms with Gasteiger partial charge in [-0.1, -0.05) is 12.1 Å². The van der Waals surface area contributed by atoms with Crippen molar-refractivity contribution < 1.29 is 4.74 Å². The number of likely N-dealkylation sites (tertiary alicyclic amines) is 1. The van der Waals surface area contributed by atoms with Crippen LogP contribution in [0.2, 0.25) is 0 Å². The second-order valence-corrected chi connectivity index (χ2v) is 5.54. The summed E-state index contributed by atoms with van der Waals surface area (Å²) < 4.78 is 7.39. The van der Waals surface area contributed by atoms with Gasteiger partial charge in [0.05, 0.1) is 12.8 Å². The third-order valence-electron chi connectivity index (χ3n) is 3.96. The van der Waals surface area contributed by atoms with Crippen LogP contribution in [0.1, 0.15) is 18.5 Å². The lowest BCUT2D eigenvalue weighted by Gasteiger charge is -2.30. The Balaban J connectivity index is 0.00000176. The molecule has 120 valence electrons. The summed E-state index contributed by atoms with van der Waals surface area (Å²) in [4.78, 5) is 2.40. The molecule has 2 N–H and O–H groups in total. The van der Waals surface area contributed by atoms with E-state index in [1.807, 2.05) is 35.1 Å². The van der Waals surface area contributed by atoms with Gasteiger partial charge in [-0.25, -0.2) is 4.68 Å². The molecule has 1 aliphatic rings. The van der Waals surface area contributed by atoms with Crippen molar-refractivity contribution in [3.8, 4) is 11.4 Å². The van der Waals surface area contributed by atoms with E-state index in [-0.39, 0.29) is 12.4 Å². The molecule has 1 saturated heterocycles. The molecule has 1 fully saturated rings. The van der Waals surface area contributed by atoms with E-state index in [2.05, 4.69) is 16.1 Å². The smallest absolute Gasteiger partial charge is 0.144 e. The Morgan fingerprint density at radius 1 is 1.32 bits per heavy atom. The SMILES string of the molecule is COc1ccccc1-n1nccc1CN1CCC[C@@H](N)C1.Cl. The molecule has 0 radical (unpaired) electrons. The van der Waals surface area contributed by atoms with Crippen LogP contribution in [0, 0.1) is 0 Å². The second kappa shape index (κ2) is 7.63. The van der Waals surface area contributed by atoms with Gasteiger partial charge < -0.3 is 10.5 Å². The van der Waals surface area contributed by atoms with Gasteiger partial charge in [0.2, 0.25) is 0 Å². The van der Waals surface area contributed by atoms with E-state index in [0.717, 1.165) is 43.2 Å². The third-order valence-corrected chi connectivity index (χ3v) is 3.96. The van der Waals surface area contributed by atoms with Crippen LogP contribution in [0.5, 0.6) is 5.75 Å². The number of nitrogens with two attached hydrogens (primary N) is 1. The molecule has 0 spiro atoms. The van der Waals surface area contributed by atoms with Crippen molar-refractivity contribution in [2.45, 2.75) is 25.4 Å². The van der Waals surface area contributed by atoms with Crippen LogP contribution in [-0.2, 0) is 6.54 Å². The number of aromatic nitrogens is 2. The van der Waals surface area contributed by atoms with Gasteiger partial charge in [0.1, 0.15) is 11.4 Å². The fourth-order valence-electron chi connectivity index (χ4n) is 2.94. The number of hydrogen-bond acceptors (Lipinski definition) is 4. The lowest BCUT2D eigenvalue weighted by molar-refractivity contribution is 0.198. The van der Waals surface area contributed by atoms with Gasteiger partial charge in [0.15, 0.2) is 0 Å². The maximum atomic E-state index is 6.06. The number of para-hydroxylation sites is 2. The Hall–Kier alpha value is -1.56. The molecule has 2 aromatic rings. The zero-order valence-electron chi connectivity index (χ0n) is 12.8. The molecule has 1 atom stereocenters. The van der Waals surface area contributed by atoms with Crippen molar-refractivity contribution >= 4 is 12.4 Å². The highest BCUT2D eigenvalue weighted by atomic mass is 35.5. The van der Waals surface area contributed by atoms with E-state index in [9.17, 15) is 0 Å². The highest BCUT2D eigenvalue weighted by Crippen LogP contribution is 2.23. The van der Waals surface area contributed by atoms with E-state index in [1.165, 1.54) is 6.42 Å². The molecule has 0 unspecified atom stereocenters. The average Bonchev–Trinajstić information content (AvgIpc) is 2.95. The maximum Gasteiger partial charge on any atom is 0.144 e. The summed E-state index contributed by atoms with van der Waals surface area (Å²) in [5.74, 6) is 0.831. The zero-order valence-corrected chi connectivity index (χ0v) is 13.6. The first-order valence-electron chi connectivity index (χ1n) is 7.42. The van der Waals surface area contributed by atoms with Crippen LogP contribution < -0.4 is 10.5 Å². The normalized spacial score (nSPS) is 18.7. The topological polar surface area (TPSA) is 56.3 Å². The highest BCUT2D eigenvalue weighted by Gasteiger charge is 2.19. The molecule has 2 heterocycles. The highest BCUT2D eigenvalue weighted by molar-refractivity contribution is 5.85. The fourth-order valence-corrected chi connectivity index (χ4v) is 2.94. The largest absolute Gasteiger partial charge is 0.494 e. The van der Waals surface area contributed by atoms with Gasteiger partial charge in [0.25, 0.3) is 0 Å². The Bertz CT molecular complexity index is 601. The van der Waals surface area contributed by atoms with E-state index >= 15 is 0 Å². The summed E-state index contributed by atoms with van der Waals surface area (Å²) in [5, 5.41) is 4.46. The molecule has 0 aliphatic carbocycles. The summed E-state index contributed by atoms with van der Waals surface area (Å²) in [6, 6.07) is 10.3.